The van der Waals surface area contributed by atoms with E-state index in [4.69, 9.17) is 9.15 Å². The van der Waals surface area contributed by atoms with Gasteiger partial charge in [-0.05, 0) is 61.5 Å². The van der Waals surface area contributed by atoms with Crippen LogP contribution in [0.4, 0.5) is 17.6 Å². The lowest BCUT2D eigenvalue weighted by Gasteiger charge is -2.24. The first kappa shape index (κ1) is 31.2. The SMILES string of the molecule is CCOC(=O)C1=C(C)N=c2s/c(=C/c3ccc(Sc4nc(-c5ccccc5)cc(C(F)(F)F)n4)o3)c(=O)n2[C@H]1c1ccc(F)cc1. The smallest absolute Gasteiger partial charge is 0.433 e. The van der Waals surface area contributed by atoms with E-state index in [1.54, 1.807) is 50.2 Å². The number of halogens is 4. The van der Waals surface area contributed by atoms with Gasteiger partial charge in [0.05, 0.1) is 34.1 Å². The highest BCUT2D eigenvalue weighted by molar-refractivity contribution is 7.99. The van der Waals surface area contributed by atoms with E-state index in [1.807, 2.05) is 0 Å². The molecule has 0 spiro atoms. The van der Waals surface area contributed by atoms with Gasteiger partial charge in [0.15, 0.2) is 15.1 Å². The third-order valence-corrected chi connectivity index (χ3v) is 8.60. The number of carbonyl (C=O) groups is 1. The molecule has 1 atom stereocenters. The molecule has 5 aromatic rings. The van der Waals surface area contributed by atoms with Crippen LogP contribution in [-0.2, 0) is 15.7 Å². The predicted molar refractivity (Wildman–Crippen MR) is 162 cm³/mol. The molecule has 0 saturated heterocycles. The number of alkyl halides is 3. The molecular weight excluding hydrogens is 645 g/mol. The van der Waals surface area contributed by atoms with Crippen molar-refractivity contribution in [2.24, 2.45) is 4.99 Å². The molecule has 0 fully saturated rings. The van der Waals surface area contributed by atoms with Crippen molar-refractivity contribution in [3.63, 3.8) is 0 Å². The molecule has 0 N–H and O–H groups in total. The van der Waals surface area contributed by atoms with Crippen LogP contribution in [0.25, 0.3) is 17.3 Å². The molecule has 0 amide bonds. The van der Waals surface area contributed by atoms with Crippen LogP contribution in [0.15, 0.2) is 109 Å². The van der Waals surface area contributed by atoms with Crippen molar-refractivity contribution in [2.75, 3.05) is 6.61 Å². The summed E-state index contributed by atoms with van der Waals surface area (Å²) in [6, 6.07) is 16.9. The summed E-state index contributed by atoms with van der Waals surface area (Å²) < 4.78 is 67.4. The molecule has 234 valence electrons. The molecule has 0 radical (unpaired) electrons. The average Bonchev–Trinajstić information content (AvgIpc) is 3.59. The normalized spacial score (nSPS) is 15.1. The van der Waals surface area contributed by atoms with Crippen LogP contribution < -0.4 is 14.9 Å². The third kappa shape index (κ3) is 6.30. The number of fused-ring (bicyclic) bond motifs is 1. The summed E-state index contributed by atoms with van der Waals surface area (Å²) >= 11 is 1.86. The number of rotatable bonds is 7. The van der Waals surface area contributed by atoms with Crippen molar-refractivity contribution in [1.82, 2.24) is 14.5 Å². The average molecular weight is 667 g/mol. The van der Waals surface area contributed by atoms with E-state index < -0.39 is 35.3 Å². The summed E-state index contributed by atoms with van der Waals surface area (Å²) in [7, 11) is 0. The summed E-state index contributed by atoms with van der Waals surface area (Å²) in [6.07, 6.45) is -3.22. The van der Waals surface area contributed by atoms with E-state index in [0.717, 1.165) is 29.2 Å². The van der Waals surface area contributed by atoms with Crippen molar-refractivity contribution >= 4 is 35.1 Å². The molecular formula is C32H22F4N4O4S2. The number of esters is 1. The number of nitrogens with zero attached hydrogens (tertiary/aromatic N) is 4. The van der Waals surface area contributed by atoms with Gasteiger partial charge in [-0.15, -0.1) is 0 Å². The third-order valence-electron chi connectivity index (χ3n) is 6.84. The minimum absolute atomic E-state index is 0.103. The lowest BCUT2D eigenvalue weighted by atomic mass is 9.96. The highest BCUT2D eigenvalue weighted by Crippen LogP contribution is 2.35. The van der Waals surface area contributed by atoms with E-state index in [1.165, 1.54) is 41.0 Å². The molecule has 0 aliphatic carbocycles. The molecule has 3 aromatic heterocycles. The molecule has 1 aliphatic heterocycles. The molecule has 14 heteroatoms. The summed E-state index contributed by atoms with van der Waals surface area (Å²) in [4.78, 5) is 39.5. The van der Waals surface area contributed by atoms with Gasteiger partial charge < -0.3 is 9.15 Å². The molecule has 46 heavy (non-hydrogen) atoms. The number of ether oxygens (including phenoxy) is 1. The van der Waals surface area contributed by atoms with Gasteiger partial charge in [-0.2, -0.15) is 13.2 Å². The molecule has 0 unspecified atom stereocenters. The molecule has 8 nitrogen and oxygen atoms in total. The van der Waals surface area contributed by atoms with Crippen LogP contribution in [0, 0.1) is 5.82 Å². The van der Waals surface area contributed by atoms with Crippen LogP contribution in [0.1, 0.15) is 36.9 Å². The molecule has 4 heterocycles. The Morgan fingerprint density at radius 3 is 2.52 bits per heavy atom. The maximum Gasteiger partial charge on any atom is 0.433 e. The number of hydrogen-bond acceptors (Lipinski definition) is 9. The first-order valence-electron chi connectivity index (χ1n) is 13.8. The second-order valence-corrected chi connectivity index (χ2v) is 11.9. The predicted octanol–water partition coefficient (Wildman–Crippen LogP) is 6.16. The lowest BCUT2D eigenvalue weighted by Crippen LogP contribution is -2.39. The Hall–Kier alpha value is -4.82. The van der Waals surface area contributed by atoms with Gasteiger partial charge in [0, 0.05) is 11.6 Å². The summed E-state index contributed by atoms with van der Waals surface area (Å²) in [5, 5.41) is 0.0252. The van der Waals surface area contributed by atoms with Crippen LogP contribution in [0.2, 0.25) is 0 Å². The summed E-state index contributed by atoms with van der Waals surface area (Å²) in [5.41, 5.74) is 0.0171. The zero-order valence-corrected chi connectivity index (χ0v) is 25.7. The van der Waals surface area contributed by atoms with Gasteiger partial charge in [-0.25, -0.2) is 24.1 Å². The van der Waals surface area contributed by atoms with E-state index in [-0.39, 0.29) is 38.4 Å². The van der Waals surface area contributed by atoms with Crippen molar-refractivity contribution in [3.8, 4) is 11.3 Å². The van der Waals surface area contributed by atoms with Gasteiger partial charge in [0.1, 0.15) is 17.3 Å². The second kappa shape index (κ2) is 12.5. The monoisotopic (exact) mass is 666 g/mol. The highest BCUT2D eigenvalue weighted by Gasteiger charge is 2.35. The quantitative estimate of drug-likeness (QED) is 0.117. The van der Waals surface area contributed by atoms with Crippen molar-refractivity contribution in [2.45, 2.75) is 36.3 Å². The second-order valence-electron chi connectivity index (χ2n) is 9.90. The number of hydrogen-bond donors (Lipinski definition) is 0. The van der Waals surface area contributed by atoms with E-state index in [2.05, 4.69) is 15.0 Å². The fourth-order valence-corrected chi connectivity index (χ4v) is 6.58. The molecule has 6 rings (SSSR count). The Kier molecular flexibility index (Phi) is 8.49. The fraction of sp³-hybridized carbons (Fsp3) is 0.156. The van der Waals surface area contributed by atoms with Gasteiger partial charge in [-0.1, -0.05) is 53.8 Å². The van der Waals surface area contributed by atoms with Gasteiger partial charge in [-0.3, -0.25) is 9.36 Å². The topological polar surface area (TPSA) is 99.6 Å². The highest BCUT2D eigenvalue weighted by atomic mass is 32.2. The van der Waals surface area contributed by atoms with E-state index in [9.17, 15) is 27.2 Å². The van der Waals surface area contributed by atoms with Gasteiger partial charge >= 0.3 is 12.1 Å². The van der Waals surface area contributed by atoms with Crippen molar-refractivity contribution in [1.29, 1.82) is 0 Å². The maximum absolute atomic E-state index is 13.8. The Morgan fingerprint density at radius 2 is 1.83 bits per heavy atom. The summed E-state index contributed by atoms with van der Waals surface area (Å²) in [6.45, 7) is 3.40. The standard InChI is InChI=1S/C32H22F4N4O4S2/c1-3-43-29(42)26-17(2)37-31-40(27(26)19-9-11-20(33)12-10-19)28(41)23(45-31)15-21-13-14-25(44-21)46-30-38-22(18-7-5-4-6-8-18)16-24(39-30)32(34,35)36/h4-16,27H,3H2,1-2H3/b23-15+/t27-/m0/s1. The first-order chi connectivity index (χ1) is 22.0. The fourth-order valence-electron chi connectivity index (χ4n) is 4.81. The van der Waals surface area contributed by atoms with Crippen LogP contribution in [0.3, 0.4) is 0 Å². The van der Waals surface area contributed by atoms with Crippen molar-refractivity contribution in [3.05, 3.63) is 127 Å². The Morgan fingerprint density at radius 1 is 1.09 bits per heavy atom. The first-order valence-corrected chi connectivity index (χ1v) is 15.4. The van der Waals surface area contributed by atoms with Gasteiger partial charge in [0.2, 0.25) is 0 Å². The van der Waals surface area contributed by atoms with Crippen molar-refractivity contribution < 1.29 is 31.5 Å². The maximum atomic E-state index is 13.8. The zero-order chi connectivity index (χ0) is 32.6. The number of aromatic nitrogens is 3. The zero-order valence-electron chi connectivity index (χ0n) is 24.0. The number of carbonyl (C=O) groups excluding carboxylic acids is 1. The van der Waals surface area contributed by atoms with E-state index >= 15 is 0 Å². The van der Waals surface area contributed by atoms with Crippen LogP contribution in [-0.4, -0.2) is 27.1 Å². The Bertz CT molecular complexity index is 2150. The van der Waals surface area contributed by atoms with E-state index in [0.29, 0.717) is 21.6 Å². The minimum atomic E-state index is -4.69. The molecule has 0 saturated carbocycles. The summed E-state index contributed by atoms with van der Waals surface area (Å²) in [5.74, 6) is -0.886. The molecule has 1 aliphatic rings. The number of thiazole rings is 1. The lowest BCUT2D eigenvalue weighted by molar-refractivity contribution is -0.141. The van der Waals surface area contributed by atoms with Crippen LogP contribution in [0.5, 0.6) is 0 Å². The number of furan rings is 1. The number of allylic oxidation sites excluding steroid dienone is 1. The number of benzene rings is 2. The molecule has 0 bridgehead atoms. The van der Waals surface area contributed by atoms with Crippen LogP contribution >= 0.6 is 23.1 Å². The molecule has 2 aromatic carbocycles. The largest absolute Gasteiger partial charge is 0.463 e. The Balaban J connectivity index is 1.37. The Labute approximate surface area is 266 Å². The van der Waals surface area contributed by atoms with Gasteiger partial charge in [0.25, 0.3) is 5.56 Å². The minimum Gasteiger partial charge on any atom is -0.463 e.